The average Bonchev–Trinajstić information content (AvgIpc) is 3.36. The van der Waals surface area contributed by atoms with Crippen LogP contribution in [0.2, 0.25) is 0 Å². The molecule has 1 aromatic heterocycles. The van der Waals surface area contributed by atoms with E-state index in [1.54, 1.807) is 0 Å². The number of rotatable bonds is 6. The Balaban J connectivity index is 1.27. The summed E-state index contributed by atoms with van der Waals surface area (Å²) >= 11 is 0. The van der Waals surface area contributed by atoms with E-state index in [0.717, 1.165) is 64.6 Å². The molecule has 0 bridgehead atoms. The first-order valence-electron chi connectivity index (χ1n) is 13.4. The molecule has 3 heterocycles. The van der Waals surface area contributed by atoms with E-state index in [1.807, 2.05) is 13.8 Å². The van der Waals surface area contributed by atoms with Gasteiger partial charge in [0.15, 0.2) is 0 Å². The van der Waals surface area contributed by atoms with E-state index >= 15 is 0 Å². The summed E-state index contributed by atoms with van der Waals surface area (Å²) in [6.07, 6.45) is 10.7. The molecule has 4 aliphatic rings. The minimum absolute atomic E-state index is 0.0388. The Morgan fingerprint density at radius 2 is 1.79 bits per heavy atom. The molecular weight excluding hydrogens is 430 g/mol. The minimum atomic E-state index is -0.176. The van der Waals surface area contributed by atoms with Crippen molar-refractivity contribution in [1.29, 1.82) is 0 Å². The molecule has 1 spiro atoms. The lowest BCUT2D eigenvalue weighted by Gasteiger charge is -2.43. The summed E-state index contributed by atoms with van der Waals surface area (Å²) in [7, 11) is 0. The van der Waals surface area contributed by atoms with Gasteiger partial charge in [0, 0.05) is 37.0 Å². The van der Waals surface area contributed by atoms with Crippen LogP contribution in [0.3, 0.4) is 0 Å². The largest absolute Gasteiger partial charge is 0.423 e. The van der Waals surface area contributed by atoms with E-state index in [1.165, 1.54) is 19.3 Å². The first-order valence-corrected chi connectivity index (χ1v) is 13.4. The summed E-state index contributed by atoms with van der Waals surface area (Å²) in [6.45, 7) is 9.10. The molecule has 188 valence electrons. The van der Waals surface area contributed by atoms with Crippen LogP contribution in [0.15, 0.2) is 4.42 Å². The van der Waals surface area contributed by atoms with Crippen molar-refractivity contribution < 1.29 is 14.0 Å². The highest BCUT2D eigenvalue weighted by Gasteiger charge is 2.50. The maximum Gasteiger partial charge on any atom is 0.234 e. The molecular formula is C26H41N5O3. The zero-order valence-electron chi connectivity index (χ0n) is 21.1. The van der Waals surface area contributed by atoms with Crippen molar-refractivity contribution in [2.75, 3.05) is 26.2 Å². The Bertz CT molecular complexity index is 894. The second-order valence-corrected chi connectivity index (χ2v) is 12.0. The van der Waals surface area contributed by atoms with Crippen LogP contribution in [-0.2, 0) is 9.59 Å². The van der Waals surface area contributed by atoms with Crippen molar-refractivity contribution in [3.8, 4) is 0 Å². The van der Waals surface area contributed by atoms with Crippen molar-refractivity contribution >= 4 is 11.8 Å². The quantitative estimate of drug-likeness (QED) is 0.679. The van der Waals surface area contributed by atoms with Gasteiger partial charge in [-0.2, -0.15) is 0 Å². The van der Waals surface area contributed by atoms with E-state index in [4.69, 9.17) is 4.42 Å². The molecule has 2 aliphatic carbocycles. The van der Waals surface area contributed by atoms with Gasteiger partial charge in [-0.25, -0.2) is 0 Å². The van der Waals surface area contributed by atoms with E-state index in [0.29, 0.717) is 30.3 Å². The van der Waals surface area contributed by atoms with Crippen LogP contribution in [0.1, 0.15) is 109 Å². The number of aromatic nitrogens is 2. The predicted molar refractivity (Wildman–Crippen MR) is 128 cm³/mol. The molecule has 1 atom stereocenters. The number of carbonyl (C=O) groups is 2. The second-order valence-electron chi connectivity index (χ2n) is 12.0. The molecule has 5 rings (SSSR count). The lowest BCUT2D eigenvalue weighted by Crippen LogP contribution is -2.50. The van der Waals surface area contributed by atoms with Gasteiger partial charge in [0.05, 0.1) is 12.6 Å². The van der Waals surface area contributed by atoms with Gasteiger partial charge in [-0.3, -0.25) is 14.5 Å². The van der Waals surface area contributed by atoms with Crippen molar-refractivity contribution in [3.63, 3.8) is 0 Å². The minimum Gasteiger partial charge on any atom is -0.423 e. The zero-order chi connectivity index (χ0) is 23.9. The Morgan fingerprint density at radius 3 is 2.41 bits per heavy atom. The van der Waals surface area contributed by atoms with E-state index in [-0.39, 0.29) is 28.7 Å². The molecule has 2 aliphatic heterocycles. The molecule has 2 saturated carbocycles. The number of carbonyl (C=O) groups excluding carboxylic acids is 2. The number of hydrogen-bond acceptors (Lipinski definition) is 6. The lowest BCUT2D eigenvalue weighted by molar-refractivity contribution is -0.145. The second kappa shape index (κ2) is 9.25. The number of nitrogens with zero attached hydrogens (tertiary/aromatic N) is 4. The number of nitrogens with one attached hydrogen (secondary N) is 1. The Morgan fingerprint density at radius 1 is 1.09 bits per heavy atom. The van der Waals surface area contributed by atoms with Crippen LogP contribution in [-0.4, -0.2) is 64.0 Å². The fourth-order valence-corrected chi connectivity index (χ4v) is 6.33. The van der Waals surface area contributed by atoms with Gasteiger partial charge in [-0.15, -0.1) is 10.2 Å². The molecule has 1 N–H and O–H groups in total. The standard InChI is InChI=1S/C26H41N5O3/c1-18(2)22-28-29-23(34-22)20-15-26(17-31(20)16-21(32)27-19-7-8-19)11-13-30(14-12-26)24(33)25(3)9-5-4-6-10-25/h18-20H,4-17H2,1-3H3,(H,27,32). The van der Waals surface area contributed by atoms with Gasteiger partial charge in [0.1, 0.15) is 0 Å². The summed E-state index contributed by atoms with van der Waals surface area (Å²) in [5.41, 5.74) is -0.0911. The monoisotopic (exact) mass is 471 g/mol. The molecule has 8 heteroatoms. The molecule has 34 heavy (non-hydrogen) atoms. The number of likely N-dealkylation sites (tertiary alicyclic amines) is 2. The number of hydrogen-bond donors (Lipinski definition) is 1. The number of piperidine rings is 1. The van der Waals surface area contributed by atoms with Gasteiger partial charge < -0.3 is 14.6 Å². The van der Waals surface area contributed by atoms with Crippen LogP contribution in [0.4, 0.5) is 0 Å². The van der Waals surface area contributed by atoms with Crippen molar-refractivity contribution in [2.24, 2.45) is 10.8 Å². The predicted octanol–water partition coefficient (Wildman–Crippen LogP) is 3.80. The first kappa shape index (κ1) is 23.8. The Kier molecular flexibility index (Phi) is 6.46. The van der Waals surface area contributed by atoms with E-state index < -0.39 is 0 Å². The summed E-state index contributed by atoms with van der Waals surface area (Å²) in [4.78, 5) is 30.4. The topological polar surface area (TPSA) is 91.6 Å². The van der Waals surface area contributed by atoms with Crippen molar-refractivity contribution in [1.82, 2.24) is 25.3 Å². The molecule has 8 nitrogen and oxygen atoms in total. The zero-order valence-corrected chi connectivity index (χ0v) is 21.1. The smallest absolute Gasteiger partial charge is 0.234 e. The number of amides is 2. The SMILES string of the molecule is CC(C)c1nnc(C2CC3(CCN(C(=O)C4(C)CCCCC4)CC3)CN2CC(=O)NC2CC2)o1. The molecule has 0 aromatic carbocycles. The van der Waals surface area contributed by atoms with Gasteiger partial charge in [0.2, 0.25) is 23.6 Å². The molecule has 1 unspecified atom stereocenters. The fourth-order valence-electron chi connectivity index (χ4n) is 6.33. The van der Waals surface area contributed by atoms with Gasteiger partial charge in [-0.05, 0) is 50.4 Å². The Labute approximate surface area is 203 Å². The van der Waals surface area contributed by atoms with E-state index in [2.05, 4.69) is 32.2 Å². The maximum absolute atomic E-state index is 13.4. The van der Waals surface area contributed by atoms with E-state index in [9.17, 15) is 9.59 Å². The summed E-state index contributed by atoms with van der Waals surface area (Å²) in [6, 6.07) is 0.317. The van der Waals surface area contributed by atoms with Gasteiger partial charge >= 0.3 is 0 Å². The normalized spacial score (nSPS) is 26.8. The maximum atomic E-state index is 13.4. The molecule has 2 amide bonds. The van der Waals surface area contributed by atoms with Crippen molar-refractivity contribution in [2.45, 2.75) is 103 Å². The highest BCUT2D eigenvalue weighted by molar-refractivity contribution is 5.82. The lowest BCUT2D eigenvalue weighted by atomic mass is 9.72. The third-order valence-corrected chi connectivity index (χ3v) is 8.71. The van der Waals surface area contributed by atoms with Crippen LogP contribution < -0.4 is 5.32 Å². The third kappa shape index (κ3) is 4.88. The highest BCUT2D eigenvalue weighted by atomic mass is 16.4. The highest BCUT2D eigenvalue weighted by Crippen LogP contribution is 2.49. The first-order chi connectivity index (χ1) is 16.3. The molecule has 0 radical (unpaired) electrons. The van der Waals surface area contributed by atoms with Crippen LogP contribution >= 0.6 is 0 Å². The van der Waals surface area contributed by atoms with Crippen LogP contribution in [0, 0.1) is 10.8 Å². The molecule has 1 aromatic rings. The van der Waals surface area contributed by atoms with Gasteiger partial charge in [0.25, 0.3) is 0 Å². The van der Waals surface area contributed by atoms with Crippen molar-refractivity contribution in [3.05, 3.63) is 11.8 Å². The van der Waals surface area contributed by atoms with Gasteiger partial charge in [-0.1, -0.05) is 40.0 Å². The summed E-state index contributed by atoms with van der Waals surface area (Å²) in [5, 5.41) is 11.8. The fraction of sp³-hybridized carbons (Fsp3) is 0.846. The van der Waals surface area contributed by atoms with Crippen LogP contribution in [0.25, 0.3) is 0 Å². The molecule has 2 saturated heterocycles. The van der Waals surface area contributed by atoms with Crippen LogP contribution in [0.5, 0.6) is 0 Å². The Hall–Kier alpha value is -1.96. The molecule has 4 fully saturated rings. The third-order valence-electron chi connectivity index (χ3n) is 8.71. The summed E-state index contributed by atoms with van der Waals surface area (Å²) in [5.74, 6) is 1.91. The average molecular weight is 472 g/mol. The summed E-state index contributed by atoms with van der Waals surface area (Å²) < 4.78 is 6.06.